The summed E-state index contributed by atoms with van der Waals surface area (Å²) in [5, 5.41) is 1.28. The van der Waals surface area contributed by atoms with E-state index in [1.54, 1.807) is 0 Å². The summed E-state index contributed by atoms with van der Waals surface area (Å²) >= 11 is 0. The van der Waals surface area contributed by atoms with E-state index in [4.69, 9.17) is 5.73 Å². The van der Waals surface area contributed by atoms with E-state index in [0.29, 0.717) is 6.54 Å². The molecule has 13 heavy (non-hydrogen) atoms. The standard InChI is InChI=1S/C11H14N2/c1-8-3-4-11-9(10(8)7-12)5-6-13(11)2/h3-6H,7,12H2,1-2H3. The van der Waals surface area contributed by atoms with Gasteiger partial charge in [0, 0.05) is 30.7 Å². The quantitative estimate of drug-likeness (QED) is 0.703. The van der Waals surface area contributed by atoms with Crippen LogP contribution in [-0.2, 0) is 13.6 Å². The van der Waals surface area contributed by atoms with Gasteiger partial charge in [-0.25, -0.2) is 0 Å². The largest absolute Gasteiger partial charge is 0.351 e. The van der Waals surface area contributed by atoms with Crippen molar-refractivity contribution in [3.05, 3.63) is 35.5 Å². The molecule has 0 unspecified atom stereocenters. The van der Waals surface area contributed by atoms with Gasteiger partial charge in [-0.2, -0.15) is 0 Å². The van der Waals surface area contributed by atoms with E-state index >= 15 is 0 Å². The highest BCUT2D eigenvalue weighted by Gasteiger charge is 2.04. The van der Waals surface area contributed by atoms with Crippen molar-refractivity contribution >= 4 is 10.9 Å². The van der Waals surface area contributed by atoms with E-state index in [-0.39, 0.29) is 0 Å². The van der Waals surface area contributed by atoms with Gasteiger partial charge in [0.1, 0.15) is 0 Å². The molecule has 1 heterocycles. The molecule has 0 aliphatic carbocycles. The Balaban J connectivity index is 2.85. The molecule has 2 heteroatoms. The highest BCUT2D eigenvalue weighted by molar-refractivity contribution is 5.84. The van der Waals surface area contributed by atoms with Crippen LogP contribution in [0.5, 0.6) is 0 Å². The molecule has 0 fully saturated rings. The van der Waals surface area contributed by atoms with Crippen LogP contribution < -0.4 is 5.73 Å². The first-order chi connectivity index (χ1) is 6.24. The van der Waals surface area contributed by atoms with Gasteiger partial charge in [-0.15, -0.1) is 0 Å². The van der Waals surface area contributed by atoms with Crippen molar-refractivity contribution in [3.63, 3.8) is 0 Å². The van der Waals surface area contributed by atoms with Gasteiger partial charge >= 0.3 is 0 Å². The molecule has 0 saturated heterocycles. The van der Waals surface area contributed by atoms with Crippen LogP contribution in [0.25, 0.3) is 10.9 Å². The van der Waals surface area contributed by atoms with Gasteiger partial charge in [-0.05, 0) is 30.2 Å². The van der Waals surface area contributed by atoms with E-state index in [1.165, 1.54) is 22.0 Å². The summed E-state index contributed by atoms with van der Waals surface area (Å²) in [5.41, 5.74) is 9.51. The second-order valence-electron chi connectivity index (χ2n) is 3.42. The van der Waals surface area contributed by atoms with Gasteiger partial charge < -0.3 is 10.3 Å². The monoisotopic (exact) mass is 174 g/mol. The van der Waals surface area contributed by atoms with Crippen molar-refractivity contribution in [2.24, 2.45) is 12.8 Å². The first-order valence-corrected chi connectivity index (χ1v) is 4.47. The number of benzene rings is 1. The zero-order valence-corrected chi connectivity index (χ0v) is 8.04. The molecule has 0 aliphatic rings. The lowest BCUT2D eigenvalue weighted by Crippen LogP contribution is -1.99. The summed E-state index contributed by atoms with van der Waals surface area (Å²) in [7, 11) is 2.05. The zero-order valence-electron chi connectivity index (χ0n) is 8.04. The Kier molecular flexibility index (Phi) is 1.85. The summed E-state index contributed by atoms with van der Waals surface area (Å²) < 4.78 is 2.12. The Morgan fingerprint density at radius 2 is 2.08 bits per heavy atom. The molecule has 0 radical (unpaired) electrons. The molecule has 0 atom stereocenters. The van der Waals surface area contributed by atoms with E-state index in [0.717, 1.165) is 0 Å². The van der Waals surface area contributed by atoms with Gasteiger partial charge in [-0.3, -0.25) is 0 Å². The maximum atomic E-state index is 5.72. The maximum Gasteiger partial charge on any atom is 0.0481 e. The van der Waals surface area contributed by atoms with E-state index < -0.39 is 0 Å². The summed E-state index contributed by atoms with van der Waals surface area (Å²) in [4.78, 5) is 0. The molecule has 1 aromatic carbocycles. The van der Waals surface area contributed by atoms with Gasteiger partial charge in [0.25, 0.3) is 0 Å². The Morgan fingerprint density at radius 3 is 2.77 bits per heavy atom. The molecule has 68 valence electrons. The minimum atomic E-state index is 0.618. The maximum absolute atomic E-state index is 5.72. The van der Waals surface area contributed by atoms with Crippen molar-refractivity contribution in [2.45, 2.75) is 13.5 Å². The third-order valence-corrected chi connectivity index (χ3v) is 2.62. The average molecular weight is 174 g/mol. The highest BCUT2D eigenvalue weighted by Crippen LogP contribution is 2.22. The van der Waals surface area contributed by atoms with Crippen LogP contribution >= 0.6 is 0 Å². The Hall–Kier alpha value is -1.28. The number of nitrogens with two attached hydrogens (primary N) is 1. The topological polar surface area (TPSA) is 30.9 Å². The third kappa shape index (κ3) is 1.14. The summed E-state index contributed by atoms with van der Waals surface area (Å²) in [5.74, 6) is 0. The van der Waals surface area contributed by atoms with Crippen molar-refractivity contribution in [3.8, 4) is 0 Å². The Labute approximate surface area is 78.0 Å². The van der Waals surface area contributed by atoms with Crippen molar-refractivity contribution in [1.82, 2.24) is 4.57 Å². The molecule has 0 spiro atoms. The molecule has 0 aliphatic heterocycles. The minimum Gasteiger partial charge on any atom is -0.351 e. The van der Waals surface area contributed by atoms with Gasteiger partial charge in [0.2, 0.25) is 0 Å². The molecule has 0 bridgehead atoms. The van der Waals surface area contributed by atoms with Crippen molar-refractivity contribution in [2.75, 3.05) is 0 Å². The number of rotatable bonds is 1. The second-order valence-corrected chi connectivity index (χ2v) is 3.42. The number of nitrogens with zero attached hydrogens (tertiary/aromatic N) is 1. The minimum absolute atomic E-state index is 0.618. The molecule has 2 aromatic rings. The van der Waals surface area contributed by atoms with Crippen LogP contribution in [0.1, 0.15) is 11.1 Å². The van der Waals surface area contributed by atoms with Crippen LogP contribution in [0.4, 0.5) is 0 Å². The molecular weight excluding hydrogens is 160 g/mol. The summed E-state index contributed by atoms with van der Waals surface area (Å²) in [6.45, 7) is 2.72. The van der Waals surface area contributed by atoms with Crippen LogP contribution in [0.2, 0.25) is 0 Å². The molecular formula is C11H14N2. The fourth-order valence-electron chi connectivity index (χ4n) is 1.79. The normalized spacial score (nSPS) is 11.0. The number of fused-ring (bicyclic) bond motifs is 1. The van der Waals surface area contributed by atoms with Crippen LogP contribution in [0, 0.1) is 6.92 Å². The number of aryl methyl sites for hydroxylation is 2. The van der Waals surface area contributed by atoms with Gasteiger partial charge in [0.05, 0.1) is 0 Å². The predicted molar refractivity (Wildman–Crippen MR) is 55.5 cm³/mol. The molecule has 2 nitrogen and oxygen atoms in total. The summed E-state index contributed by atoms with van der Waals surface area (Å²) in [6.07, 6.45) is 2.07. The first-order valence-electron chi connectivity index (χ1n) is 4.47. The van der Waals surface area contributed by atoms with Crippen LogP contribution in [0.15, 0.2) is 24.4 Å². The summed E-state index contributed by atoms with van der Waals surface area (Å²) in [6, 6.07) is 6.40. The lowest BCUT2D eigenvalue weighted by atomic mass is 10.0. The smallest absolute Gasteiger partial charge is 0.0481 e. The Bertz CT molecular complexity index is 441. The van der Waals surface area contributed by atoms with Crippen molar-refractivity contribution in [1.29, 1.82) is 0 Å². The Morgan fingerprint density at radius 1 is 1.31 bits per heavy atom. The van der Waals surface area contributed by atoms with Crippen molar-refractivity contribution < 1.29 is 0 Å². The van der Waals surface area contributed by atoms with E-state index in [9.17, 15) is 0 Å². The highest BCUT2D eigenvalue weighted by atomic mass is 14.9. The van der Waals surface area contributed by atoms with E-state index in [1.807, 2.05) is 0 Å². The SMILES string of the molecule is Cc1ccc2c(ccn2C)c1CN. The first kappa shape index (κ1) is 8.32. The van der Waals surface area contributed by atoms with Gasteiger partial charge in [-0.1, -0.05) is 6.07 Å². The molecule has 2 rings (SSSR count). The fraction of sp³-hybridized carbons (Fsp3) is 0.273. The van der Waals surface area contributed by atoms with E-state index in [2.05, 4.69) is 42.9 Å². The lowest BCUT2D eigenvalue weighted by molar-refractivity contribution is 0.967. The second kappa shape index (κ2) is 2.89. The lowest BCUT2D eigenvalue weighted by Gasteiger charge is -2.05. The molecule has 0 amide bonds. The molecule has 0 saturated carbocycles. The fourth-order valence-corrected chi connectivity index (χ4v) is 1.79. The number of hydrogen-bond donors (Lipinski definition) is 1. The number of aromatic nitrogens is 1. The molecule has 2 N–H and O–H groups in total. The number of hydrogen-bond acceptors (Lipinski definition) is 1. The van der Waals surface area contributed by atoms with Crippen LogP contribution in [-0.4, -0.2) is 4.57 Å². The van der Waals surface area contributed by atoms with Crippen LogP contribution in [0.3, 0.4) is 0 Å². The average Bonchev–Trinajstić information content (AvgIpc) is 2.48. The van der Waals surface area contributed by atoms with Gasteiger partial charge in [0.15, 0.2) is 0 Å². The third-order valence-electron chi connectivity index (χ3n) is 2.62. The predicted octanol–water partition coefficient (Wildman–Crippen LogP) is 1.95. The zero-order chi connectivity index (χ0) is 9.42. The molecule has 1 aromatic heterocycles.